The van der Waals surface area contributed by atoms with E-state index in [4.69, 9.17) is 0 Å². The Hall–Kier alpha value is -2.08. The number of hydrogen-bond acceptors (Lipinski definition) is 4. The highest BCUT2D eigenvalue weighted by Crippen LogP contribution is 2.30. The molecule has 0 bridgehead atoms. The van der Waals surface area contributed by atoms with E-state index in [9.17, 15) is 0 Å². The van der Waals surface area contributed by atoms with Gasteiger partial charge >= 0.3 is 0 Å². The minimum Gasteiger partial charge on any atom is -0.327 e. The van der Waals surface area contributed by atoms with Crippen molar-refractivity contribution in [2.24, 2.45) is 0 Å². The molecule has 0 aliphatic rings. The van der Waals surface area contributed by atoms with Crippen molar-refractivity contribution in [3.63, 3.8) is 0 Å². The van der Waals surface area contributed by atoms with Gasteiger partial charge in [0, 0.05) is 18.7 Å². The molecule has 23 heavy (non-hydrogen) atoms. The fraction of sp³-hybridized carbons (Fsp3) is 0.353. The van der Waals surface area contributed by atoms with E-state index in [1.807, 2.05) is 41.0 Å². The van der Waals surface area contributed by atoms with Crippen LogP contribution in [0.3, 0.4) is 0 Å². The van der Waals surface area contributed by atoms with Crippen molar-refractivity contribution in [1.82, 2.24) is 24.3 Å². The number of hydrogen-bond donors (Lipinski definition) is 0. The fourth-order valence-corrected chi connectivity index (χ4v) is 3.07. The molecule has 3 aromatic rings. The normalized spacial score (nSPS) is 11.0. The highest BCUT2D eigenvalue weighted by atomic mass is 32.2. The van der Waals surface area contributed by atoms with Crippen LogP contribution in [0.5, 0.6) is 0 Å². The summed E-state index contributed by atoms with van der Waals surface area (Å²) in [6, 6.07) is 10.3. The lowest BCUT2D eigenvalue weighted by molar-refractivity contribution is 0.646. The van der Waals surface area contributed by atoms with Crippen LogP contribution in [0.2, 0.25) is 0 Å². The fourth-order valence-electron chi connectivity index (χ4n) is 2.65. The molecular formula is C17H21N5S. The molecule has 2 heterocycles. The molecule has 0 aliphatic carbocycles. The Kier molecular flexibility index (Phi) is 5.12. The van der Waals surface area contributed by atoms with Crippen molar-refractivity contribution < 1.29 is 0 Å². The standard InChI is InChI=1S/C17H21N5S/c1-3-22-17(18-12-20-22)16-15(14-8-5-4-6-9-14)19-13-21(16)10-7-11-23-2/h4-6,8-9,12-13H,3,7,10-11H2,1-2H3. The molecule has 0 fully saturated rings. The summed E-state index contributed by atoms with van der Waals surface area (Å²) in [5, 5.41) is 4.32. The third-order valence-electron chi connectivity index (χ3n) is 3.76. The minimum absolute atomic E-state index is 0.791. The molecular weight excluding hydrogens is 306 g/mol. The lowest BCUT2D eigenvalue weighted by atomic mass is 10.1. The minimum atomic E-state index is 0.791. The van der Waals surface area contributed by atoms with Gasteiger partial charge in [0.05, 0.1) is 12.0 Å². The van der Waals surface area contributed by atoms with E-state index >= 15 is 0 Å². The first-order valence-corrected chi connectivity index (χ1v) is 9.22. The molecule has 0 amide bonds. The van der Waals surface area contributed by atoms with Crippen molar-refractivity contribution in [1.29, 1.82) is 0 Å². The topological polar surface area (TPSA) is 48.5 Å². The Balaban J connectivity index is 2.07. The number of thioether (sulfide) groups is 1. The molecule has 0 aliphatic heterocycles. The maximum absolute atomic E-state index is 4.67. The largest absolute Gasteiger partial charge is 0.327 e. The van der Waals surface area contributed by atoms with E-state index in [0.717, 1.165) is 48.0 Å². The predicted molar refractivity (Wildman–Crippen MR) is 95.4 cm³/mol. The predicted octanol–water partition coefficient (Wildman–Crippen LogP) is 3.58. The summed E-state index contributed by atoms with van der Waals surface area (Å²) < 4.78 is 4.13. The van der Waals surface area contributed by atoms with Gasteiger partial charge in [0.1, 0.15) is 12.0 Å². The average molecular weight is 327 g/mol. The number of aryl methyl sites for hydroxylation is 2. The molecule has 0 saturated heterocycles. The van der Waals surface area contributed by atoms with Gasteiger partial charge in [0.15, 0.2) is 5.82 Å². The first kappa shape index (κ1) is 15.8. The van der Waals surface area contributed by atoms with E-state index in [1.54, 1.807) is 6.33 Å². The zero-order valence-electron chi connectivity index (χ0n) is 13.5. The van der Waals surface area contributed by atoms with E-state index in [-0.39, 0.29) is 0 Å². The van der Waals surface area contributed by atoms with Crippen LogP contribution in [0.15, 0.2) is 43.0 Å². The number of rotatable bonds is 7. The van der Waals surface area contributed by atoms with Gasteiger partial charge in [0.25, 0.3) is 0 Å². The summed E-state index contributed by atoms with van der Waals surface area (Å²) >= 11 is 1.87. The molecule has 1 aromatic carbocycles. The summed E-state index contributed by atoms with van der Waals surface area (Å²) in [5.41, 5.74) is 3.13. The van der Waals surface area contributed by atoms with Gasteiger partial charge in [-0.1, -0.05) is 30.3 Å². The molecule has 120 valence electrons. The van der Waals surface area contributed by atoms with Gasteiger partial charge in [-0.2, -0.15) is 16.9 Å². The number of imidazole rings is 1. The van der Waals surface area contributed by atoms with E-state index in [1.165, 1.54) is 0 Å². The Morgan fingerprint density at radius 2 is 1.96 bits per heavy atom. The first-order valence-electron chi connectivity index (χ1n) is 7.82. The highest BCUT2D eigenvalue weighted by molar-refractivity contribution is 7.98. The molecule has 0 unspecified atom stereocenters. The van der Waals surface area contributed by atoms with Crippen LogP contribution in [-0.4, -0.2) is 36.3 Å². The second-order valence-electron chi connectivity index (χ2n) is 5.25. The molecule has 5 nitrogen and oxygen atoms in total. The van der Waals surface area contributed by atoms with Crippen molar-refractivity contribution in [3.8, 4) is 22.8 Å². The molecule has 2 aromatic heterocycles. The average Bonchev–Trinajstić information content (AvgIpc) is 3.21. The third-order valence-corrected chi connectivity index (χ3v) is 4.46. The van der Waals surface area contributed by atoms with Gasteiger partial charge in [-0.3, -0.25) is 0 Å². The van der Waals surface area contributed by atoms with Crippen LogP contribution >= 0.6 is 11.8 Å². The molecule has 3 rings (SSSR count). The quantitative estimate of drug-likeness (QED) is 0.622. The van der Waals surface area contributed by atoms with Gasteiger partial charge in [0.2, 0.25) is 0 Å². The monoisotopic (exact) mass is 327 g/mol. The number of benzene rings is 1. The van der Waals surface area contributed by atoms with Crippen molar-refractivity contribution >= 4 is 11.8 Å². The lowest BCUT2D eigenvalue weighted by Gasteiger charge is -2.10. The molecule has 0 N–H and O–H groups in total. The van der Waals surface area contributed by atoms with Crippen molar-refractivity contribution in [2.45, 2.75) is 26.4 Å². The smallest absolute Gasteiger partial charge is 0.177 e. The molecule has 0 spiro atoms. The van der Waals surface area contributed by atoms with Crippen LogP contribution in [0, 0.1) is 0 Å². The molecule has 0 atom stereocenters. The third kappa shape index (κ3) is 3.32. The molecule has 0 saturated carbocycles. The SMILES string of the molecule is CCn1ncnc1-c1c(-c2ccccc2)ncn1CCCSC. The summed E-state index contributed by atoms with van der Waals surface area (Å²) in [5.74, 6) is 2.02. The van der Waals surface area contributed by atoms with Crippen LogP contribution in [0.1, 0.15) is 13.3 Å². The van der Waals surface area contributed by atoms with E-state index < -0.39 is 0 Å². The first-order chi connectivity index (χ1) is 11.3. The lowest BCUT2D eigenvalue weighted by Crippen LogP contribution is -2.06. The zero-order chi connectivity index (χ0) is 16.1. The number of nitrogens with zero attached hydrogens (tertiary/aromatic N) is 5. The summed E-state index contributed by atoms with van der Waals surface area (Å²) in [6.07, 6.45) is 6.79. The van der Waals surface area contributed by atoms with Gasteiger partial charge in [-0.05, 0) is 25.4 Å². The second-order valence-corrected chi connectivity index (χ2v) is 6.23. The van der Waals surface area contributed by atoms with E-state index in [2.05, 4.69) is 44.9 Å². The maximum atomic E-state index is 4.67. The van der Waals surface area contributed by atoms with Crippen LogP contribution in [0.4, 0.5) is 0 Å². The van der Waals surface area contributed by atoms with Crippen molar-refractivity contribution in [2.75, 3.05) is 12.0 Å². The number of aromatic nitrogens is 5. The van der Waals surface area contributed by atoms with Gasteiger partial charge < -0.3 is 4.57 Å². The van der Waals surface area contributed by atoms with Crippen LogP contribution in [-0.2, 0) is 13.1 Å². The zero-order valence-corrected chi connectivity index (χ0v) is 14.3. The van der Waals surface area contributed by atoms with Crippen molar-refractivity contribution in [3.05, 3.63) is 43.0 Å². The van der Waals surface area contributed by atoms with Gasteiger partial charge in [-0.25, -0.2) is 14.6 Å². The molecule has 6 heteroatoms. The summed E-state index contributed by atoms with van der Waals surface area (Å²) in [4.78, 5) is 9.16. The summed E-state index contributed by atoms with van der Waals surface area (Å²) in [6.45, 7) is 3.81. The summed E-state index contributed by atoms with van der Waals surface area (Å²) in [7, 11) is 0. The Labute approximate surface area is 140 Å². The Bertz CT molecular complexity index is 747. The van der Waals surface area contributed by atoms with E-state index in [0.29, 0.717) is 0 Å². The maximum Gasteiger partial charge on any atom is 0.177 e. The van der Waals surface area contributed by atoms with Crippen LogP contribution < -0.4 is 0 Å². The second kappa shape index (κ2) is 7.46. The van der Waals surface area contributed by atoms with Gasteiger partial charge in [-0.15, -0.1) is 0 Å². The highest BCUT2D eigenvalue weighted by Gasteiger charge is 2.19. The Morgan fingerprint density at radius 1 is 1.13 bits per heavy atom. The Morgan fingerprint density at radius 3 is 2.70 bits per heavy atom. The van der Waals surface area contributed by atoms with Crippen LogP contribution in [0.25, 0.3) is 22.8 Å². The molecule has 0 radical (unpaired) electrons.